The van der Waals surface area contributed by atoms with Gasteiger partial charge in [0.25, 0.3) is 0 Å². The van der Waals surface area contributed by atoms with Gasteiger partial charge in [-0.2, -0.15) is 0 Å². The summed E-state index contributed by atoms with van der Waals surface area (Å²) in [6, 6.07) is 1.46. The molecule has 0 aliphatic carbocycles. The molecule has 3 N–H and O–H groups in total. The summed E-state index contributed by atoms with van der Waals surface area (Å²) in [4.78, 5) is 38.6. The second-order valence-corrected chi connectivity index (χ2v) is 5.71. The molecule has 1 aromatic rings. The van der Waals surface area contributed by atoms with Crippen LogP contribution in [0.3, 0.4) is 0 Å². The van der Waals surface area contributed by atoms with Gasteiger partial charge in [-0.1, -0.05) is 5.16 Å². The molecule has 0 saturated carbocycles. The van der Waals surface area contributed by atoms with E-state index >= 15 is 0 Å². The molecular formula is C13H14Br2N4O6. The third-order valence-electron chi connectivity index (χ3n) is 2.49. The molecule has 0 aliphatic rings. The first-order valence-electron chi connectivity index (χ1n) is 6.57. The Balaban J connectivity index is 3.32. The highest BCUT2D eigenvalue weighted by molar-refractivity contribution is 9.11. The SMILES string of the molecule is CNC(=O)ON=Cc1cc(Br)c(OC(=O)NC)c(Br)c1OC(=O)NC. The van der Waals surface area contributed by atoms with Crippen LogP contribution in [0.1, 0.15) is 5.56 Å². The van der Waals surface area contributed by atoms with E-state index in [0.29, 0.717) is 4.47 Å². The number of benzene rings is 1. The van der Waals surface area contributed by atoms with Crippen LogP contribution < -0.4 is 25.4 Å². The Bertz CT molecular complexity index is 710. The van der Waals surface area contributed by atoms with Gasteiger partial charge in [0.1, 0.15) is 4.47 Å². The lowest BCUT2D eigenvalue weighted by molar-refractivity contribution is 0.153. The maximum absolute atomic E-state index is 11.6. The molecule has 25 heavy (non-hydrogen) atoms. The average Bonchev–Trinajstić information content (AvgIpc) is 2.60. The number of carbonyl (C=O) groups is 3. The zero-order chi connectivity index (χ0) is 19.0. The van der Waals surface area contributed by atoms with Crippen LogP contribution in [0, 0.1) is 0 Å². The summed E-state index contributed by atoms with van der Waals surface area (Å²) < 4.78 is 10.8. The summed E-state index contributed by atoms with van der Waals surface area (Å²) in [5.41, 5.74) is 0.260. The third kappa shape index (κ3) is 5.90. The van der Waals surface area contributed by atoms with E-state index in [1.165, 1.54) is 27.2 Å². The molecule has 0 bridgehead atoms. The van der Waals surface area contributed by atoms with Crippen molar-refractivity contribution in [2.75, 3.05) is 21.1 Å². The van der Waals surface area contributed by atoms with Crippen LogP contribution in [-0.2, 0) is 4.84 Å². The van der Waals surface area contributed by atoms with E-state index in [1.807, 2.05) is 0 Å². The standard InChI is InChI=1S/C13H14Br2N4O6/c1-16-11(20)23-9-6(5-19-25-13(22)18-3)4-7(14)10(8(9)15)24-12(21)17-2/h4-5H,1-3H3,(H,16,20)(H,17,21)(H,18,22). The molecule has 0 fully saturated rings. The molecule has 1 aromatic carbocycles. The van der Waals surface area contributed by atoms with E-state index in [2.05, 4.69) is 57.8 Å². The smallest absolute Gasteiger partial charge is 0.408 e. The van der Waals surface area contributed by atoms with Gasteiger partial charge in [-0.3, -0.25) is 4.84 Å². The molecule has 0 aromatic heterocycles. The Kier molecular flexibility index (Phi) is 8.15. The summed E-state index contributed by atoms with van der Waals surface area (Å²) in [7, 11) is 4.14. The van der Waals surface area contributed by atoms with Gasteiger partial charge in [0, 0.05) is 26.7 Å². The zero-order valence-corrected chi connectivity index (χ0v) is 16.5. The molecule has 3 amide bonds. The Morgan fingerprint density at radius 1 is 0.960 bits per heavy atom. The van der Waals surface area contributed by atoms with Crippen molar-refractivity contribution in [1.29, 1.82) is 0 Å². The zero-order valence-electron chi connectivity index (χ0n) is 13.3. The van der Waals surface area contributed by atoms with E-state index in [0.717, 1.165) is 6.21 Å². The van der Waals surface area contributed by atoms with E-state index in [1.54, 1.807) is 0 Å². The van der Waals surface area contributed by atoms with Crippen molar-refractivity contribution in [3.8, 4) is 11.5 Å². The van der Waals surface area contributed by atoms with E-state index in [4.69, 9.17) is 9.47 Å². The Hall–Kier alpha value is -2.34. The highest BCUT2D eigenvalue weighted by atomic mass is 79.9. The molecule has 1 rings (SSSR count). The maximum atomic E-state index is 11.6. The second-order valence-electron chi connectivity index (χ2n) is 4.06. The highest BCUT2D eigenvalue weighted by Crippen LogP contribution is 2.42. The molecule has 0 saturated heterocycles. The fourth-order valence-electron chi connectivity index (χ4n) is 1.36. The van der Waals surface area contributed by atoms with Crippen molar-refractivity contribution < 1.29 is 28.7 Å². The second kappa shape index (κ2) is 9.84. The van der Waals surface area contributed by atoms with Gasteiger partial charge in [-0.25, -0.2) is 14.4 Å². The van der Waals surface area contributed by atoms with Gasteiger partial charge in [0.05, 0.1) is 10.7 Å². The number of nitrogens with one attached hydrogen (secondary N) is 3. The molecule has 0 atom stereocenters. The topological polar surface area (TPSA) is 127 Å². The molecule has 0 radical (unpaired) electrons. The number of nitrogens with zero attached hydrogens (tertiary/aromatic N) is 1. The average molecular weight is 482 g/mol. The number of halogens is 2. The number of oxime groups is 1. The molecular weight excluding hydrogens is 468 g/mol. The maximum Gasteiger partial charge on any atom is 0.433 e. The molecule has 0 unspecified atom stereocenters. The Morgan fingerprint density at radius 2 is 1.48 bits per heavy atom. The van der Waals surface area contributed by atoms with Crippen LogP contribution in [0.15, 0.2) is 20.2 Å². The summed E-state index contributed by atoms with van der Waals surface area (Å²) in [6.07, 6.45) is -1.12. The van der Waals surface area contributed by atoms with Gasteiger partial charge in [-0.15, -0.1) is 0 Å². The quantitative estimate of drug-likeness (QED) is 0.344. The van der Waals surface area contributed by atoms with Gasteiger partial charge in [0.2, 0.25) is 0 Å². The van der Waals surface area contributed by atoms with Crippen LogP contribution in [0.2, 0.25) is 0 Å². The van der Waals surface area contributed by atoms with Crippen LogP contribution in [0.25, 0.3) is 0 Å². The number of rotatable bonds is 4. The largest absolute Gasteiger partial charge is 0.433 e. The molecule has 136 valence electrons. The molecule has 10 nitrogen and oxygen atoms in total. The Labute approximate surface area is 159 Å². The minimum atomic E-state index is -0.775. The van der Waals surface area contributed by atoms with Crippen molar-refractivity contribution in [2.24, 2.45) is 5.16 Å². The Morgan fingerprint density at radius 3 is 2.00 bits per heavy atom. The molecule has 0 heterocycles. The van der Waals surface area contributed by atoms with E-state index in [-0.39, 0.29) is 21.5 Å². The normalized spacial score (nSPS) is 10.1. The fourth-order valence-corrected chi connectivity index (χ4v) is 2.76. The first-order valence-corrected chi connectivity index (χ1v) is 8.15. The van der Waals surface area contributed by atoms with Crippen molar-refractivity contribution in [1.82, 2.24) is 16.0 Å². The monoisotopic (exact) mass is 480 g/mol. The van der Waals surface area contributed by atoms with Gasteiger partial charge >= 0.3 is 18.3 Å². The highest BCUT2D eigenvalue weighted by Gasteiger charge is 2.21. The number of amides is 3. The minimum Gasteiger partial charge on any atom is -0.408 e. The van der Waals surface area contributed by atoms with Crippen molar-refractivity contribution in [3.63, 3.8) is 0 Å². The third-order valence-corrected chi connectivity index (χ3v) is 3.80. The van der Waals surface area contributed by atoms with Crippen molar-refractivity contribution in [3.05, 3.63) is 20.6 Å². The predicted molar refractivity (Wildman–Crippen MR) is 95.1 cm³/mol. The minimum absolute atomic E-state index is 0.00860. The first-order chi connectivity index (χ1) is 11.8. The fraction of sp³-hybridized carbons (Fsp3) is 0.231. The lowest BCUT2D eigenvalue weighted by Crippen LogP contribution is -2.24. The van der Waals surface area contributed by atoms with Crippen LogP contribution in [0.4, 0.5) is 14.4 Å². The molecule has 12 heteroatoms. The summed E-state index contributed by atoms with van der Waals surface area (Å²) in [5.74, 6) is 0.0633. The number of hydrogen-bond donors (Lipinski definition) is 3. The first kappa shape index (κ1) is 20.7. The van der Waals surface area contributed by atoms with Crippen LogP contribution >= 0.6 is 31.9 Å². The summed E-state index contributed by atoms with van der Waals surface area (Å²) in [5, 5.41) is 10.3. The number of ether oxygens (including phenoxy) is 2. The van der Waals surface area contributed by atoms with Crippen LogP contribution in [-0.4, -0.2) is 45.6 Å². The summed E-state index contributed by atoms with van der Waals surface area (Å²) >= 11 is 6.45. The number of hydrogen-bond acceptors (Lipinski definition) is 7. The number of carbonyl (C=O) groups excluding carboxylic acids is 3. The van der Waals surface area contributed by atoms with Gasteiger partial charge in [0.15, 0.2) is 11.5 Å². The van der Waals surface area contributed by atoms with Crippen molar-refractivity contribution in [2.45, 2.75) is 0 Å². The molecule has 0 spiro atoms. The summed E-state index contributed by atoms with van der Waals surface area (Å²) in [6.45, 7) is 0. The van der Waals surface area contributed by atoms with Gasteiger partial charge in [-0.05, 0) is 37.9 Å². The van der Waals surface area contributed by atoms with E-state index < -0.39 is 18.3 Å². The predicted octanol–water partition coefficient (Wildman–Crippen LogP) is 2.34. The van der Waals surface area contributed by atoms with Crippen molar-refractivity contribution >= 4 is 56.4 Å². The van der Waals surface area contributed by atoms with Crippen LogP contribution in [0.5, 0.6) is 11.5 Å². The molecule has 0 aliphatic heterocycles. The van der Waals surface area contributed by atoms with E-state index in [9.17, 15) is 14.4 Å². The van der Waals surface area contributed by atoms with Gasteiger partial charge < -0.3 is 25.4 Å². The lowest BCUT2D eigenvalue weighted by Gasteiger charge is -2.14. The lowest BCUT2D eigenvalue weighted by atomic mass is 10.2.